The molecule has 0 radical (unpaired) electrons. The Morgan fingerprint density at radius 2 is 1.90 bits per heavy atom. The minimum atomic E-state index is -3.62. The van der Waals surface area contributed by atoms with Crippen LogP contribution < -0.4 is 0 Å². The summed E-state index contributed by atoms with van der Waals surface area (Å²) in [4.78, 5) is 0.185. The van der Waals surface area contributed by atoms with Crippen LogP contribution in [-0.4, -0.2) is 15.0 Å². The van der Waals surface area contributed by atoms with E-state index in [0.717, 1.165) is 5.41 Å². The predicted molar refractivity (Wildman–Crippen MR) is 83.7 cm³/mol. The van der Waals surface area contributed by atoms with Crippen LogP contribution in [0.25, 0.3) is 0 Å². The molecule has 0 spiro atoms. The fraction of sp³-hybridized carbons (Fsp3) is 0.294. The van der Waals surface area contributed by atoms with Crippen molar-refractivity contribution in [3.8, 4) is 24.2 Å². The van der Waals surface area contributed by atoms with Crippen molar-refractivity contribution in [2.75, 3.05) is 6.61 Å². The third kappa shape index (κ3) is 6.21. The number of sulfone groups is 1. The van der Waals surface area contributed by atoms with Crippen LogP contribution in [0.1, 0.15) is 20.8 Å². The van der Waals surface area contributed by atoms with Crippen LogP contribution in [0.2, 0.25) is 0 Å². The van der Waals surface area contributed by atoms with Crippen molar-refractivity contribution in [2.45, 2.75) is 25.7 Å². The second-order valence-corrected chi connectivity index (χ2v) is 7.13. The van der Waals surface area contributed by atoms with Gasteiger partial charge in [-0.1, -0.05) is 30.0 Å². The summed E-state index contributed by atoms with van der Waals surface area (Å²) in [6, 6.07) is 8.09. The molecule has 110 valence electrons. The lowest BCUT2D eigenvalue weighted by atomic mass is 9.98. The molecule has 0 fully saturated rings. The van der Waals surface area contributed by atoms with Gasteiger partial charge in [0.15, 0.2) is 5.76 Å². The van der Waals surface area contributed by atoms with E-state index in [0.29, 0.717) is 0 Å². The van der Waals surface area contributed by atoms with Gasteiger partial charge in [0, 0.05) is 5.41 Å². The van der Waals surface area contributed by atoms with Gasteiger partial charge in [0.25, 0.3) is 0 Å². The second kappa shape index (κ2) is 7.02. The van der Waals surface area contributed by atoms with Crippen molar-refractivity contribution in [1.29, 1.82) is 0 Å². The van der Waals surface area contributed by atoms with E-state index in [-0.39, 0.29) is 22.7 Å². The Bertz CT molecular complexity index is 703. The predicted octanol–water partition coefficient (Wildman–Crippen LogP) is 3.00. The van der Waals surface area contributed by atoms with E-state index < -0.39 is 9.84 Å². The zero-order chi connectivity index (χ0) is 15.9. The van der Waals surface area contributed by atoms with Crippen LogP contribution in [0.3, 0.4) is 0 Å². The number of ether oxygens (including phenoxy) is 1. The Morgan fingerprint density at radius 1 is 1.29 bits per heavy atom. The number of benzene rings is 1. The van der Waals surface area contributed by atoms with Gasteiger partial charge < -0.3 is 4.74 Å². The largest absolute Gasteiger partial charge is 0.472 e. The number of hydrogen-bond donors (Lipinski definition) is 0. The van der Waals surface area contributed by atoms with Crippen molar-refractivity contribution in [3.63, 3.8) is 0 Å². The molecule has 3 nitrogen and oxygen atoms in total. The smallest absolute Gasteiger partial charge is 0.204 e. The highest BCUT2D eigenvalue weighted by molar-refractivity contribution is 7.94. The number of terminal acetylenes is 1. The summed E-state index contributed by atoms with van der Waals surface area (Å²) in [6.45, 7) is 5.73. The molecule has 0 heterocycles. The molecule has 0 aliphatic heterocycles. The van der Waals surface area contributed by atoms with E-state index in [1.54, 1.807) is 18.2 Å². The van der Waals surface area contributed by atoms with E-state index in [4.69, 9.17) is 11.2 Å². The molecule has 0 unspecified atom stereocenters. The highest BCUT2D eigenvalue weighted by Crippen LogP contribution is 2.15. The molecule has 0 bridgehead atoms. The van der Waals surface area contributed by atoms with Crippen LogP contribution in [0.15, 0.2) is 46.4 Å². The van der Waals surface area contributed by atoms with Gasteiger partial charge >= 0.3 is 0 Å². The first kappa shape index (κ1) is 16.9. The average Bonchev–Trinajstić information content (AvgIpc) is 2.42. The fourth-order valence-corrected chi connectivity index (χ4v) is 2.37. The van der Waals surface area contributed by atoms with E-state index in [1.807, 2.05) is 20.8 Å². The molecule has 21 heavy (non-hydrogen) atoms. The molecule has 0 aliphatic rings. The van der Waals surface area contributed by atoms with E-state index in [1.165, 1.54) is 12.1 Å². The van der Waals surface area contributed by atoms with Gasteiger partial charge in [0.2, 0.25) is 9.84 Å². The van der Waals surface area contributed by atoms with Crippen molar-refractivity contribution in [2.24, 2.45) is 5.41 Å². The summed E-state index contributed by atoms with van der Waals surface area (Å²) >= 11 is 0. The summed E-state index contributed by atoms with van der Waals surface area (Å²) in [5.74, 6) is 8.01. The van der Waals surface area contributed by atoms with E-state index in [2.05, 4.69) is 17.8 Å². The van der Waals surface area contributed by atoms with Crippen LogP contribution in [0, 0.1) is 29.6 Å². The Hall–Kier alpha value is -2.17. The zero-order valence-corrected chi connectivity index (χ0v) is 13.2. The monoisotopic (exact) mass is 302 g/mol. The molecule has 0 N–H and O–H groups in total. The van der Waals surface area contributed by atoms with Gasteiger partial charge in [0.1, 0.15) is 6.61 Å². The highest BCUT2D eigenvalue weighted by Gasteiger charge is 2.13. The van der Waals surface area contributed by atoms with Crippen molar-refractivity contribution in [3.05, 3.63) is 41.5 Å². The summed E-state index contributed by atoms with van der Waals surface area (Å²) in [7, 11) is -3.62. The van der Waals surface area contributed by atoms with E-state index in [9.17, 15) is 8.42 Å². The van der Waals surface area contributed by atoms with Crippen molar-refractivity contribution < 1.29 is 13.2 Å². The quantitative estimate of drug-likeness (QED) is 0.634. The summed E-state index contributed by atoms with van der Waals surface area (Å²) < 4.78 is 29.7. The van der Waals surface area contributed by atoms with Crippen molar-refractivity contribution >= 4 is 9.84 Å². The van der Waals surface area contributed by atoms with Gasteiger partial charge in [-0.15, -0.1) is 6.42 Å². The molecule has 1 aromatic rings. The van der Waals surface area contributed by atoms with Gasteiger partial charge in [-0.2, -0.15) is 0 Å². The first-order valence-corrected chi connectivity index (χ1v) is 7.90. The van der Waals surface area contributed by atoms with Gasteiger partial charge in [-0.05, 0) is 38.8 Å². The highest BCUT2D eigenvalue weighted by atomic mass is 32.2. The third-order valence-electron chi connectivity index (χ3n) is 2.21. The lowest BCUT2D eigenvalue weighted by Gasteiger charge is -2.08. The minimum Gasteiger partial charge on any atom is -0.472 e. The Kier molecular flexibility index (Phi) is 5.64. The molecule has 4 heteroatoms. The molecule has 0 saturated carbocycles. The molecule has 0 amide bonds. The molecule has 0 aliphatic carbocycles. The van der Waals surface area contributed by atoms with Gasteiger partial charge in [-0.3, -0.25) is 0 Å². The van der Waals surface area contributed by atoms with Gasteiger partial charge in [0.05, 0.1) is 10.3 Å². The van der Waals surface area contributed by atoms with Gasteiger partial charge in [-0.25, -0.2) is 8.42 Å². The first-order valence-electron chi connectivity index (χ1n) is 6.36. The van der Waals surface area contributed by atoms with Crippen LogP contribution in [0.4, 0.5) is 0 Å². The standard InChI is InChI=1S/C17H18O3S/c1-5-13-20-15(11-12-17(2,3)4)14-21(18,19)16-9-7-6-8-10-16/h1,6-10,14H,13H2,2-4H3/b15-14-. The Balaban J connectivity index is 3.19. The zero-order valence-electron chi connectivity index (χ0n) is 12.4. The molecule has 0 atom stereocenters. The molecule has 0 aromatic heterocycles. The van der Waals surface area contributed by atoms with Crippen molar-refractivity contribution in [1.82, 2.24) is 0 Å². The first-order chi connectivity index (χ1) is 9.74. The van der Waals surface area contributed by atoms with E-state index >= 15 is 0 Å². The summed E-state index contributed by atoms with van der Waals surface area (Å²) in [5.41, 5.74) is -0.269. The normalized spacial score (nSPS) is 12.0. The van der Waals surface area contributed by atoms with Crippen LogP contribution in [-0.2, 0) is 14.6 Å². The Labute approximate surface area is 126 Å². The molecule has 1 aromatic carbocycles. The minimum absolute atomic E-state index is 0.0328. The molecular formula is C17H18O3S. The SMILES string of the molecule is C#CCO/C(C#CC(C)(C)C)=C\S(=O)(=O)c1ccccc1. The number of allylic oxidation sites excluding steroid dienone is 1. The summed E-state index contributed by atoms with van der Waals surface area (Å²) in [5, 5.41) is 1.01. The number of rotatable bonds is 4. The van der Waals surface area contributed by atoms with Crippen LogP contribution in [0.5, 0.6) is 0 Å². The summed E-state index contributed by atoms with van der Waals surface area (Å²) in [6.07, 6.45) is 5.13. The molecule has 0 saturated heterocycles. The topological polar surface area (TPSA) is 43.4 Å². The Morgan fingerprint density at radius 3 is 2.43 bits per heavy atom. The van der Waals surface area contributed by atoms with Crippen LogP contribution >= 0.6 is 0 Å². The number of hydrogen-bond acceptors (Lipinski definition) is 3. The fourth-order valence-electron chi connectivity index (χ4n) is 1.29. The average molecular weight is 302 g/mol. The molecular weight excluding hydrogens is 284 g/mol. The lowest BCUT2D eigenvalue weighted by Crippen LogP contribution is -2.03. The molecule has 1 rings (SSSR count). The second-order valence-electron chi connectivity index (χ2n) is 5.33. The maximum atomic E-state index is 12.3. The maximum Gasteiger partial charge on any atom is 0.204 e. The lowest BCUT2D eigenvalue weighted by molar-refractivity contribution is 0.272. The maximum absolute atomic E-state index is 12.3. The third-order valence-corrected chi connectivity index (χ3v) is 3.66.